The van der Waals surface area contributed by atoms with Crippen LogP contribution in [-0.4, -0.2) is 77.4 Å². The largest absolute Gasteiger partial charge is 0.349 e. The molecule has 4 heterocycles. The second-order valence-electron chi connectivity index (χ2n) is 9.85. The van der Waals surface area contributed by atoms with Crippen molar-refractivity contribution < 1.29 is 9.59 Å². The molecule has 0 aliphatic carbocycles. The van der Waals surface area contributed by atoms with Crippen molar-refractivity contribution in [3.05, 3.63) is 65.4 Å². The first-order valence-electron chi connectivity index (χ1n) is 12.8. The number of hydrogen-bond donors (Lipinski definition) is 0. The number of likely N-dealkylation sites (N-methyl/N-ethyl adjacent to an activating group) is 1. The number of carbonyl (C=O) groups is 2. The molecule has 1 unspecified atom stereocenters. The van der Waals surface area contributed by atoms with E-state index in [1.807, 2.05) is 34.1 Å². The number of nitrogens with zero attached hydrogens (tertiary/aromatic N) is 5. The Hall–Kier alpha value is -3.32. The Kier molecular flexibility index (Phi) is 5.52. The molecule has 1 fully saturated rings. The summed E-state index contributed by atoms with van der Waals surface area (Å²) >= 11 is 0. The number of carbonyl (C=O) groups excluding carboxylic acids is 2. The lowest BCUT2D eigenvalue weighted by Crippen LogP contribution is -2.51. The zero-order valence-corrected chi connectivity index (χ0v) is 20.6. The fourth-order valence-electron chi connectivity index (χ4n) is 6.23. The molecule has 0 spiro atoms. The number of aromatic nitrogens is 1. The Labute approximate surface area is 206 Å². The lowest BCUT2D eigenvalue weighted by atomic mass is 9.96. The first-order chi connectivity index (χ1) is 17.1. The van der Waals surface area contributed by atoms with Crippen LogP contribution in [0, 0.1) is 0 Å². The molecule has 6 rings (SSSR count). The van der Waals surface area contributed by atoms with Crippen LogP contribution >= 0.6 is 0 Å². The predicted octanol–water partition coefficient (Wildman–Crippen LogP) is 3.34. The molecule has 3 aliphatic rings. The molecule has 0 N–H and O–H groups in total. The molecule has 2 amide bonds. The van der Waals surface area contributed by atoms with Gasteiger partial charge in [-0.15, -0.1) is 0 Å². The zero-order valence-electron chi connectivity index (χ0n) is 20.6. The smallest absolute Gasteiger partial charge is 0.257 e. The van der Waals surface area contributed by atoms with Crippen molar-refractivity contribution >= 4 is 28.4 Å². The molecule has 1 saturated heterocycles. The van der Waals surface area contributed by atoms with Gasteiger partial charge in [0, 0.05) is 63.6 Å². The average molecular weight is 472 g/mol. The summed E-state index contributed by atoms with van der Waals surface area (Å²) in [6, 6.07) is 16.4. The second-order valence-corrected chi connectivity index (χ2v) is 9.85. The predicted molar refractivity (Wildman–Crippen MR) is 138 cm³/mol. The maximum Gasteiger partial charge on any atom is 0.257 e. The van der Waals surface area contributed by atoms with Gasteiger partial charge in [-0.1, -0.05) is 37.3 Å². The Morgan fingerprint density at radius 1 is 0.971 bits per heavy atom. The van der Waals surface area contributed by atoms with Gasteiger partial charge in [0.2, 0.25) is 5.91 Å². The van der Waals surface area contributed by atoms with E-state index in [2.05, 4.69) is 52.6 Å². The molecule has 2 aromatic carbocycles. The van der Waals surface area contributed by atoms with Crippen LogP contribution in [0.4, 0.5) is 5.69 Å². The third kappa shape index (κ3) is 3.52. The summed E-state index contributed by atoms with van der Waals surface area (Å²) in [6.45, 7) is 8.05. The van der Waals surface area contributed by atoms with Crippen LogP contribution < -0.4 is 4.90 Å². The van der Waals surface area contributed by atoms with Crippen LogP contribution in [0.15, 0.2) is 48.5 Å². The van der Waals surface area contributed by atoms with Gasteiger partial charge in [-0.05, 0) is 36.7 Å². The molecule has 1 aromatic heterocycles. The first kappa shape index (κ1) is 22.2. The average Bonchev–Trinajstić information content (AvgIpc) is 3.23. The third-order valence-electron chi connectivity index (χ3n) is 8.13. The van der Waals surface area contributed by atoms with E-state index in [9.17, 15) is 9.59 Å². The number of hydrogen-bond acceptors (Lipinski definition) is 4. The maximum atomic E-state index is 13.5. The minimum absolute atomic E-state index is 0.0935. The molecular formula is C28H33N5O2. The lowest BCUT2D eigenvalue weighted by molar-refractivity contribution is -0.133. The Balaban J connectivity index is 1.36. The summed E-state index contributed by atoms with van der Waals surface area (Å²) in [6.07, 6.45) is 1.13. The van der Waals surface area contributed by atoms with E-state index in [0.29, 0.717) is 19.5 Å². The summed E-state index contributed by atoms with van der Waals surface area (Å²) in [5, 5.41) is 1.24. The van der Waals surface area contributed by atoms with Crippen molar-refractivity contribution in [2.24, 2.45) is 0 Å². The minimum atomic E-state index is -0.170. The van der Waals surface area contributed by atoms with E-state index in [1.165, 1.54) is 10.9 Å². The van der Waals surface area contributed by atoms with E-state index in [0.717, 1.165) is 61.6 Å². The van der Waals surface area contributed by atoms with Crippen molar-refractivity contribution in [3.8, 4) is 0 Å². The summed E-state index contributed by atoms with van der Waals surface area (Å²) in [7, 11) is 2.08. The van der Waals surface area contributed by atoms with Gasteiger partial charge in [-0.3, -0.25) is 9.59 Å². The highest BCUT2D eigenvalue weighted by molar-refractivity contribution is 6.02. The quantitative estimate of drug-likeness (QED) is 0.586. The van der Waals surface area contributed by atoms with E-state index < -0.39 is 0 Å². The monoisotopic (exact) mass is 471 g/mol. The van der Waals surface area contributed by atoms with Gasteiger partial charge in [0.15, 0.2) is 0 Å². The molecule has 7 heteroatoms. The zero-order chi connectivity index (χ0) is 24.1. The highest BCUT2D eigenvalue weighted by Gasteiger charge is 2.42. The van der Waals surface area contributed by atoms with Crippen molar-refractivity contribution in [1.82, 2.24) is 19.3 Å². The van der Waals surface area contributed by atoms with Crippen LogP contribution in [0.5, 0.6) is 0 Å². The molecule has 35 heavy (non-hydrogen) atoms. The Bertz CT molecular complexity index is 1290. The highest BCUT2D eigenvalue weighted by Crippen LogP contribution is 2.44. The van der Waals surface area contributed by atoms with Gasteiger partial charge in [0.1, 0.15) is 6.17 Å². The SMILES string of the molecule is CCN1CCN(C(=O)CCn2c3c(c4ccccc42)CCN2C(=O)c4ccccc4N(C)C32)CC1. The van der Waals surface area contributed by atoms with E-state index >= 15 is 0 Å². The fourth-order valence-corrected chi connectivity index (χ4v) is 6.23. The van der Waals surface area contributed by atoms with Crippen LogP contribution in [0.1, 0.15) is 41.1 Å². The fraction of sp³-hybridized carbons (Fsp3) is 0.429. The van der Waals surface area contributed by atoms with Crippen LogP contribution in [0.25, 0.3) is 10.9 Å². The lowest BCUT2D eigenvalue weighted by Gasteiger charge is -2.46. The summed E-state index contributed by atoms with van der Waals surface area (Å²) in [4.78, 5) is 35.3. The van der Waals surface area contributed by atoms with E-state index in [-0.39, 0.29) is 18.0 Å². The number of fused-ring (bicyclic) bond motifs is 6. The van der Waals surface area contributed by atoms with Crippen molar-refractivity contribution in [2.45, 2.75) is 32.5 Å². The second kappa shape index (κ2) is 8.72. The van der Waals surface area contributed by atoms with Gasteiger partial charge in [0.25, 0.3) is 5.91 Å². The number of piperazine rings is 1. The number of amides is 2. The molecule has 1 atom stereocenters. The number of anilines is 1. The Morgan fingerprint density at radius 2 is 1.71 bits per heavy atom. The number of aryl methyl sites for hydroxylation is 1. The molecule has 0 saturated carbocycles. The summed E-state index contributed by atoms with van der Waals surface area (Å²) in [5.74, 6) is 0.314. The Morgan fingerprint density at radius 3 is 2.51 bits per heavy atom. The van der Waals surface area contributed by atoms with Crippen LogP contribution in [-0.2, 0) is 17.8 Å². The standard InChI is InChI=1S/C28H33N5O2/c1-3-30-16-18-31(19-17-30)25(34)13-15-32-24-11-7-4-8-20(24)21-12-14-33-27(26(21)32)29(2)23-10-6-5-9-22(23)28(33)35/h4-11,27H,3,12-19H2,1-2H3. The van der Waals surface area contributed by atoms with Crippen LogP contribution in [0.2, 0.25) is 0 Å². The van der Waals surface area contributed by atoms with E-state index in [1.54, 1.807) is 0 Å². The first-order valence-corrected chi connectivity index (χ1v) is 12.8. The topological polar surface area (TPSA) is 52.0 Å². The molecule has 7 nitrogen and oxygen atoms in total. The van der Waals surface area contributed by atoms with Gasteiger partial charge < -0.3 is 24.2 Å². The molecule has 182 valence electrons. The van der Waals surface area contributed by atoms with Gasteiger partial charge in [-0.25, -0.2) is 0 Å². The number of benzene rings is 2. The molecule has 3 aliphatic heterocycles. The maximum absolute atomic E-state index is 13.5. The van der Waals surface area contributed by atoms with Crippen molar-refractivity contribution in [3.63, 3.8) is 0 Å². The summed E-state index contributed by atoms with van der Waals surface area (Å²) < 4.78 is 2.32. The third-order valence-corrected chi connectivity index (χ3v) is 8.13. The van der Waals surface area contributed by atoms with Gasteiger partial charge in [0.05, 0.1) is 16.9 Å². The molecule has 0 bridgehead atoms. The van der Waals surface area contributed by atoms with Gasteiger partial charge in [-0.2, -0.15) is 0 Å². The molecular weight excluding hydrogens is 438 g/mol. The van der Waals surface area contributed by atoms with Crippen LogP contribution in [0.3, 0.4) is 0 Å². The molecule has 0 radical (unpaired) electrons. The normalized spacial score (nSPS) is 20.1. The highest BCUT2D eigenvalue weighted by atomic mass is 16.2. The number of rotatable bonds is 4. The molecule has 3 aromatic rings. The number of para-hydroxylation sites is 2. The minimum Gasteiger partial charge on any atom is -0.349 e. The van der Waals surface area contributed by atoms with Crippen molar-refractivity contribution in [2.75, 3.05) is 51.2 Å². The van der Waals surface area contributed by atoms with Crippen molar-refractivity contribution in [1.29, 1.82) is 0 Å². The summed E-state index contributed by atoms with van der Waals surface area (Å²) in [5.41, 5.74) is 5.35. The van der Waals surface area contributed by atoms with E-state index in [4.69, 9.17) is 0 Å². The van der Waals surface area contributed by atoms with Gasteiger partial charge >= 0.3 is 0 Å².